The van der Waals surface area contributed by atoms with Gasteiger partial charge in [0, 0.05) is 17.7 Å². The molecular formula is C14H20N2O4S. The third-order valence-corrected chi connectivity index (χ3v) is 5.81. The van der Waals surface area contributed by atoms with Crippen molar-refractivity contribution >= 4 is 15.5 Å². The number of nitrogens with one attached hydrogen (secondary N) is 1. The summed E-state index contributed by atoms with van der Waals surface area (Å²) in [6.45, 7) is 4.25. The minimum atomic E-state index is -2.86. The third-order valence-electron chi connectivity index (χ3n) is 3.97. The molecule has 1 aliphatic rings. The molecular weight excluding hydrogens is 292 g/mol. The molecule has 0 amide bonds. The van der Waals surface area contributed by atoms with Crippen molar-refractivity contribution in [1.82, 2.24) is 5.32 Å². The smallest absolute Gasteiger partial charge is 0.272 e. The lowest BCUT2D eigenvalue weighted by Crippen LogP contribution is -2.26. The summed E-state index contributed by atoms with van der Waals surface area (Å²) >= 11 is 0. The summed E-state index contributed by atoms with van der Waals surface area (Å²) in [5, 5.41) is 14.2. The fraction of sp³-hybridized carbons (Fsp3) is 0.571. The van der Waals surface area contributed by atoms with Crippen molar-refractivity contribution in [3.05, 3.63) is 39.4 Å². The Bertz CT molecular complexity index is 642. The van der Waals surface area contributed by atoms with E-state index >= 15 is 0 Å². The molecule has 0 aliphatic carbocycles. The molecule has 2 unspecified atom stereocenters. The van der Waals surface area contributed by atoms with E-state index in [1.54, 1.807) is 19.1 Å². The fourth-order valence-corrected chi connectivity index (χ4v) is 4.45. The maximum absolute atomic E-state index is 11.4. The quantitative estimate of drug-likeness (QED) is 0.663. The number of hydrogen-bond donors (Lipinski definition) is 1. The van der Waals surface area contributed by atoms with E-state index in [1.165, 1.54) is 0 Å². The highest BCUT2D eigenvalue weighted by Gasteiger charge is 2.27. The number of nitrogens with zero attached hydrogens (tertiary/aromatic N) is 1. The minimum absolute atomic E-state index is 0.0485. The first-order valence-electron chi connectivity index (χ1n) is 6.97. The van der Waals surface area contributed by atoms with Crippen LogP contribution in [0.2, 0.25) is 0 Å². The number of rotatable bonds is 5. The summed E-state index contributed by atoms with van der Waals surface area (Å²) < 4.78 is 22.8. The molecule has 1 N–H and O–H groups in total. The number of benzene rings is 1. The van der Waals surface area contributed by atoms with Gasteiger partial charge in [-0.25, -0.2) is 8.42 Å². The maximum Gasteiger partial charge on any atom is 0.272 e. The SMILES string of the molecule is Cc1ccc(C(C)NCC2CCS(=O)(=O)C2)cc1[N+](=O)[O-]. The van der Waals surface area contributed by atoms with Crippen LogP contribution in [0.1, 0.15) is 30.5 Å². The van der Waals surface area contributed by atoms with Crippen molar-refractivity contribution < 1.29 is 13.3 Å². The van der Waals surface area contributed by atoms with Gasteiger partial charge in [0.1, 0.15) is 0 Å². The zero-order valence-corrected chi connectivity index (χ0v) is 13.0. The van der Waals surface area contributed by atoms with Crippen LogP contribution in [0.5, 0.6) is 0 Å². The molecule has 21 heavy (non-hydrogen) atoms. The van der Waals surface area contributed by atoms with Gasteiger partial charge in [0.15, 0.2) is 9.84 Å². The summed E-state index contributed by atoms with van der Waals surface area (Å²) in [4.78, 5) is 10.6. The van der Waals surface area contributed by atoms with Crippen LogP contribution in [0.3, 0.4) is 0 Å². The molecule has 0 saturated carbocycles. The Labute approximate surface area is 124 Å². The van der Waals surface area contributed by atoms with Crippen LogP contribution in [0.25, 0.3) is 0 Å². The molecule has 6 nitrogen and oxygen atoms in total. The summed E-state index contributed by atoms with van der Waals surface area (Å²) in [5.74, 6) is 0.641. The van der Waals surface area contributed by atoms with Crippen LogP contribution >= 0.6 is 0 Å². The second-order valence-electron chi connectivity index (χ2n) is 5.70. The zero-order chi connectivity index (χ0) is 15.6. The van der Waals surface area contributed by atoms with Crippen LogP contribution in [-0.2, 0) is 9.84 Å². The molecule has 7 heteroatoms. The van der Waals surface area contributed by atoms with Crippen LogP contribution < -0.4 is 5.32 Å². The van der Waals surface area contributed by atoms with Gasteiger partial charge in [-0.3, -0.25) is 10.1 Å². The van der Waals surface area contributed by atoms with Crippen molar-refractivity contribution in [3.8, 4) is 0 Å². The summed E-state index contributed by atoms with van der Waals surface area (Å²) in [5.41, 5.74) is 1.59. The standard InChI is InChI=1S/C14H20N2O4S/c1-10-3-4-13(7-14(10)16(17)18)11(2)15-8-12-5-6-21(19,20)9-12/h3-4,7,11-12,15H,5-6,8-9H2,1-2H3. The second kappa shape index (κ2) is 6.11. The Balaban J connectivity index is 1.99. The average molecular weight is 312 g/mol. The Morgan fingerprint density at radius 1 is 1.48 bits per heavy atom. The fourth-order valence-electron chi connectivity index (χ4n) is 2.59. The molecule has 1 aliphatic heterocycles. The Kier molecular flexibility index (Phi) is 4.63. The first-order valence-corrected chi connectivity index (χ1v) is 8.79. The van der Waals surface area contributed by atoms with Gasteiger partial charge in [-0.2, -0.15) is 0 Å². The van der Waals surface area contributed by atoms with Crippen LogP contribution in [0, 0.1) is 23.0 Å². The third kappa shape index (κ3) is 4.01. The van der Waals surface area contributed by atoms with Gasteiger partial charge < -0.3 is 5.32 Å². The molecule has 1 saturated heterocycles. The Morgan fingerprint density at radius 3 is 2.76 bits per heavy atom. The van der Waals surface area contributed by atoms with Crippen LogP contribution in [0.15, 0.2) is 18.2 Å². The highest BCUT2D eigenvalue weighted by atomic mass is 32.2. The molecule has 0 radical (unpaired) electrons. The first-order chi connectivity index (χ1) is 9.78. The molecule has 2 atom stereocenters. The van der Waals surface area contributed by atoms with Gasteiger partial charge in [0.25, 0.3) is 5.69 Å². The lowest BCUT2D eigenvalue weighted by atomic mass is 10.0. The topological polar surface area (TPSA) is 89.3 Å². The van der Waals surface area contributed by atoms with E-state index in [0.717, 1.165) is 5.56 Å². The highest BCUT2D eigenvalue weighted by molar-refractivity contribution is 7.91. The number of hydrogen-bond acceptors (Lipinski definition) is 5. The van der Waals surface area contributed by atoms with E-state index in [4.69, 9.17) is 0 Å². The lowest BCUT2D eigenvalue weighted by Gasteiger charge is -2.17. The summed E-state index contributed by atoms with van der Waals surface area (Å²) in [6, 6.07) is 5.14. The van der Waals surface area contributed by atoms with Crippen molar-refractivity contribution in [3.63, 3.8) is 0 Å². The predicted octanol–water partition coefficient (Wildman–Crippen LogP) is 1.99. The predicted molar refractivity (Wildman–Crippen MR) is 81.0 cm³/mol. The van der Waals surface area contributed by atoms with E-state index in [9.17, 15) is 18.5 Å². The molecule has 1 aromatic rings. The van der Waals surface area contributed by atoms with E-state index < -0.39 is 9.84 Å². The first kappa shape index (κ1) is 15.9. The van der Waals surface area contributed by atoms with E-state index in [2.05, 4.69) is 5.32 Å². The molecule has 0 aromatic heterocycles. The van der Waals surface area contributed by atoms with E-state index in [0.29, 0.717) is 18.5 Å². The number of sulfone groups is 1. The van der Waals surface area contributed by atoms with Gasteiger partial charge in [-0.1, -0.05) is 12.1 Å². The van der Waals surface area contributed by atoms with Crippen LogP contribution in [-0.4, -0.2) is 31.4 Å². The average Bonchev–Trinajstić information content (AvgIpc) is 2.75. The van der Waals surface area contributed by atoms with Crippen LogP contribution in [0.4, 0.5) is 5.69 Å². The van der Waals surface area contributed by atoms with E-state index in [1.807, 2.05) is 13.0 Å². The number of nitro groups is 1. The normalized spacial score (nSPS) is 22.1. The second-order valence-corrected chi connectivity index (χ2v) is 7.93. The number of aryl methyl sites for hydroxylation is 1. The van der Waals surface area contributed by atoms with Crippen molar-refractivity contribution in [1.29, 1.82) is 0 Å². The molecule has 1 heterocycles. The largest absolute Gasteiger partial charge is 0.310 e. The summed E-state index contributed by atoms with van der Waals surface area (Å²) in [7, 11) is -2.86. The molecule has 1 fully saturated rings. The number of nitro benzene ring substituents is 1. The molecule has 0 spiro atoms. The van der Waals surface area contributed by atoms with Crippen molar-refractivity contribution in [2.24, 2.45) is 5.92 Å². The molecule has 0 bridgehead atoms. The molecule has 1 aromatic carbocycles. The highest BCUT2D eigenvalue weighted by Crippen LogP contribution is 2.24. The Morgan fingerprint density at radius 2 is 2.19 bits per heavy atom. The summed E-state index contributed by atoms with van der Waals surface area (Å²) in [6.07, 6.45) is 0.691. The van der Waals surface area contributed by atoms with Crippen molar-refractivity contribution in [2.45, 2.75) is 26.3 Å². The van der Waals surface area contributed by atoms with Crippen molar-refractivity contribution in [2.75, 3.05) is 18.1 Å². The van der Waals surface area contributed by atoms with Gasteiger partial charge in [0.2, 0.25) is 0 Å². The molecule has 116 valence electrons. The Hall–Kier alpha value is -1.47. The van der Waals surface area contributed by atoms with Gasteiger partial charge >= 0.3 is 0 Å². The zero-order valence-electron chi connectivity index (χ0n) is 12.2. The van der Waals surface area contributed by atoms with Gasteiger partial charge in [0.05, 0.1) is 16.4 Å². The van der Waals surface area contributed by atoms with Gasteiger partial charge in [-0.05, 0) is 38.3 Å². The lowest BCUT2D eigenvalue weighted by molar-refractivity contribution is -0.385. The molecule has 2 rings (SSSR count). The van der Waals surface area contributed by atoms with Gasteiger partial charge in [-0.15, -0.1) is 0 Å². The van der Waals surface area contributed by atoms with E-state index in [-0.39, 0.29) is 34.1 Å². The minimum Gasteiger partial charge on any atom is -0.310 e. The monoisotopic (exact) mass is 312 g/mol. The maximum atomic E-state index is 11.4.